The summed E-state index contributed by atoms with van der Waals surface area (Å²) < 4.78 is 25.5. The lowest BCUT2D eigenvalue weighted by Gasteiger charge is -2.01. The molecule has 0 aliphatic rings. The Morgan fingerprint density at radius 3 is 2.33 bits per heavy atom. The summed E-state index contributed by atoms with van der Waals surface area (Å²) >= 11 is 0. The van der Waals surface area contributed by atoms with Crippen molar-refractivity contribution in [2.75, 3.05) is 0 Å². The van der Waals surface area contributed by atoms with E-state index in [1.165, 1.54) is 12.1 Å². The van der Waals surface area contributed by atoms with Gasteiger partial charge in [0, 0.05) is 18.9 Å². The van der Waals surface area contributed by atoms with Gasteiger partial charge < -0.3 is 0 Å². The number of halogens is 2. The van der Waals surface area contributed by atoms with Gasteiger partial charge in [0.2, 0.25) is 0 Å². The fourth-order valence-corrected chi connectivity index (χ4v) is 1.42. The molecule has 0 spiro atoms. The molecule has 0 saturated heterocycles. The van der Waals surface area contributed by atoms with E-state index in [1.807, 2.05) is 6.92 Å². The Labute approximate surface area is 88.1 Å². The standard InChI is InChI=1S/C12H14F2O/c1-2-12(15)5-3-4-9-6-10(13)8-11(14)7-9/h6-8H,2-5H2,1H3. The van der Waals surface area contributed by atoms with Crippen LogP contribution in [-0.4, -0.2) is 5.78 Å². The number of ketones is 1. The summed E-state index contributed by atoms with van der Waals surface area (Å²) in [6.45, 7) is 1.81. The van der Waals surface area contributed by atoms with Gasteiger partial charge in [0.15, 0.2) is 0 Å². The highest BCUT2D eigenvalue weighted by Gasteiger charge is 2.02. The van der Waals surface area contributed by atoms with Gasteiger partial charge in [0.25, 0.3) is 0 Å². The Morgan fingerprint density at radius 1 is 1.20 bits per heavy atom. The molecule has 0 aromatic heterocycles. The first kappa shape index (κ1) is 11.8. The largest absolute Gasteiger partial charge is 0.300 e. The monoisotopic (exact) mass is 212 g/mol. The third-order valence-electron chi connectivity index (χ3n) is 2.24. The molecule has 1 aromatic rings. The molecule has 0 aliphatic heterocycles. The lowest BCUT2D eigenvalue weighted by Crippen LogP contribution is -1.97. The van der Waals surface area contributed by atoms with Crippen molar-refractivity contribution in [3.8, 4) is 0 Å². The molecule has 1 aromatic carbocycles. The molecule has 0 radical (unpaired) electrons. The van der Waals surface area contributed by atoms with Crippen molar-refractivity contribution in [3.63, 3.8) is 0 Å². The zero-order valence-electron chi connectivity index (χ0n) is 8.72. The van der Waals surface area contributed by atoms with Crippen LogP contribution in [0, 0.1) is 11.6 Å². The third-order valence-corrected chi connectivity index (χ3v) is 2.24. The van der Waals surface area contributed by atoms with Crippen LogP contribution >= 0.6 is 0 Å². The average Bonchev–Trinajstić information content (AvgIpc) is 2.16. The number of rotatable bonds is 5. The second-order valence-corrected chi connectivity index (χ2v) is 3.52. The van der Waals surface area contributed by atoms with Crippen molar-refractivity contribution in [2.45, 2.75) is 32.6 Å². The van der Waals surface area contributed by atoms with E-state index in [4.69, 9.17) is 0 Å². The lowest BCUT2D eigenvalue weighted by atomic mass is 10.1. The summed E-state index contributed by atoms with van der Waals surface area (Å²) in [6, 6.07) is 3.46. The van der Waals surface area contributed by atoms with Crippen LogP contribution in [0.2, 0.25) is 0 Å². The molecular formula is C12H14F2O. The van der Waals surface area contributed by atoms with E-state index in [9.17, 15) is 13.6 Å². The van der Waals surface area contributed by atoms with Gasteiger partial charge in [-0.05, 0) is 30.5 Å². The zero-order valence-corrected chi connectivity index (χ0v) is 8.72. The Bertz CT molecular complexity index is 327. The highest BCUT2D eigenvalue weighted by atomic mass is 19.1. The van der Waals surface area contributed by atoms with Gasteiger partial charge in [0.05, 0.1) is 0 Å². The summed E-state index contributed by atoms with van der Waals surface area (Å²) in [7, 11) is 0. The summed E-state index contributed by atoms with van der Waals surface area (Å²) in [4.78, 5) is 11.0. The number of Topliss-reactive ketones (excluding diaryl/α,β-unsaturated/α-hetero) is 1. The highest BCUT2D eigenvalue weighted by Crippen LogP contribution is 2.11. The number of hydrogen-bond donors (Lipinski definition) is 0. The van der Waals surface area contributed by atoms with Gasteiger partial charge in [-0.1, -0.05) is 6.92 Å². The Morgan fingerprint density at radius 2 is 1.80 bits per heavy atom. The Kier molecular flexibility index (Phi) is 4.40. The van der Waals surface area contributed by atoms with Crippen LogP contribution in [0.3, 0.4) is 0 Å². The molecule has 0 unspecified atom stereocenters. The van der Waals surface area contributed by atoms with Crippen molar-refractivity contribution >= 4 is 5.78 Å². The lowest BCUT2D eigenvalue weighted by molar-refractivity contribution is -0.118. The molecule has 15 heavy (non-hydrogen) atoms. The maximum absolute atomic E-state index is 12.8. The highest BCUT2D eigenvalue weighted by molar-refractivity contribution is 5.77. The minimum absolute atomic E-state index is 0.187. The molecule has 82 valence electrons. The van der Waals surface area contributed by atoms with Crippen LogP contribution in [0.15, 0.2) is 18.2 Å². The molecule has 1 rings (SSSR count). The molecule has 0 saturated carbocycles. The van der Waals surface area contributed by atoms with Crippen molar-refractivity contribution in [2.24, 2.45) is 0 Å². The van der Waals surface area contributed by atoms with Gasteiger partial charge in [-0.25, -0.2) is 8.78 Å². The molecule has 0 bridgehead atoms. The predicted octanol–water partition coefficient (Wildman–Crippen LogP) is 3.27. The second kappa shape index (κ2) is 5.59. The number of carbonyl (C=O) groups is 1. The van der Waals surface area contributed by atoms with Crippen LogP contribution < -0.4 is 0 Å². The number of carbonyl (C=O) groups excluding carboxylic acids is 1. The molecule has 0 fully saturated rings. The van der Waals surface area contributed by atoms with Crippen LogP contribution in [-0.2, 0) is 11.2 Å². The van der Waals surface area contributed by atoms with Gasteiger partial charge in [-0.2, -0.15) is 0 Å². The number of aryl methyl sites for hydroxylation is 1. The minimum Gasteiger partial charge on any atom is -0.300 e. The van der Waals surface area contributed by atoms with Crippen LogP contribution in [0.4, 0.5) is 8.78 Å². The van der Waals surface area contributed by atoms with Crippen molar-refractivity contribution in [3.05, 3.63) is 35.4 Å². The molecule has 3 heteroatoms. The SMILES string of the molecule is CCC(=O)CCCc1cc(F)cc(F)c1. The van der Waals surface area contributed by atoms with Gasteiger partial charge in [0.1, 0.15) is 17.4 Å². The zero-order chi connectivity index (χ0) is 11.3. The van der Waals surface area contributed by atoms with Crippen LogP contribution in [0.1, 0.15) is 31.7 Å². The van der Waals surface area contributed by atoms with E-state index in [2.05, 4.69) is 0 Å². The minimum atomic E-state index is -0.563. The maximum atomic E-state index is 12.8. The van der Waals surface area contributed by atoms with Crippen LogP contribution in [0.25, 0.3) is 0 Å². The summed E-state index contributed by atoms with van der Waals surface area (Å²) in [5.41, 5.74) is 0.608. The Balaban J connectivity index is 2.47. The van der Waals surface area contributed by atoms with E-state index in [-0.39, 0.29) is 5.78 Å². The normalized spacial score (nSPS) is 10.3. The molecular weight excluding hydrogens is 198 g/mol. The van der Waals surface area contributed by atoms with Crippen molar-refractivity contribution in [1.29, 1.82) is 0 Å². The first-order valence-electron chi connectivity index (χ1n) is 5.08. The molecule has 1 nitrogen and oxygen atoms in total. The van der Waals surface area contributed by atoms with E-state index >= 15 is 0 Å². The van der Waals surface area contributed by atoms with E-state index in [0.29, 0.717) is 31.2 Å². The van der Waals surface area contributed by atoms with Gasteiger partial charge in [-0.15, -0.1) is 0 Å². The Hall–Kier alpha value is -1.25. The van der Waals surface area contributed by atoms with Gasteiger partial charge >= 0.3 is 0 Å². The average molecular weight is 212 g/mol. The molecule has 0 heterocycles. The summed E-state index contributed by atoms with van der Waals surface area (Å²) in [5.74, 6) is -0.939. The molecule has 0 atom stereocenters. The first-order valence-corrected chi connectivity index (χ1v) is 5.08. The van der Waals surface area contributed by atoms with Gasteiger partial charge in [-0.3, -0.25) is 4.79 Å². The maximum Gasteiger partial charge on any atom is 0.132 e. The smallest absolute Gasteiger partial charge is 0.132 e. The third kappa shape index (κ3) is 4.19. The van der Waals surface area contributed by atoms with E-state index in [0.717, 1.165) is 6.07 Å². The quantitative estimate of drug-likeness (QED) is 0.732. The number of benzene rings is 1. The molecule has 0 aliphatic carbocycles. The fourth-order valence-electron chi connectivity index (χ4n) is 1.42. The van der Waals surface area contributed by atoms with Crippen molar-refractivity contribution < 1.29 is 13.6 Å². The topological polar surface area (TPSA) is 17.1 Å². The predicted molar refractivity (Wildman–Crippen MR) is 54.6 cm³/mol. The van der Waals surface area contributed by atoms with Crippen molar-refractivity contribution in [1.82, 2.24) is 0 Å². The molecule has 0 amide bonds. The first-order chi connectivity index (χ1) is 7.11. The number of hydrogen-bond acceptors (Lipinski definition) is 1. The van der Waals surface area contributed by atoms with E-state index < -0.39 is 11.6 Å². The summed E-state index contributed by atoms with van der Waals surface area (Å²) in [6.07, 6.45) is 2.20. The van der Waals surface area contributed by atoms with E-state index in [1.54, 1.807) is 0 Å². The second-order valence-electron chi connectivity index (χ2n) is 3.52. The summed E-state index contributed by atoms with van der Waals surface area (Å²) in [5, 5.41) is 0. The fraction of sp³-hybridized carbons (Fsp3) is 0.417. The van der Waals surface area contributed by atoms with Crippen LogP contribution in [0.5, 0.6) is 0 Å². The molecule has 0 N–H and O–H groups in total.